The summed E-state index contributed by atoms with van der Waals surface area (Å²) in [4.78, 5) is 33.1. The van der Waals surface area contributed by atoms with E-state index in [0.29, 0.717) is 37.7 Å². The summed E-state index contributed by atoms with van der Waals surface area (Å²) in [7, 11) is -1.90. The van der Waals surface area contributed by atoms with E-state index in [9.17, 15) is 44.3 Å². The number of ether oxygens (including phenoxy) is 6. The van der Waals surface area contributed by atoms with E-state index in [4.69, 9.17) is 28.4 Å². The van der Waals surface area contributed by atoms with Gasteiger partial charge in [-0.2, -0.15) is 39.5 Å². The lowest BCUT2D eigenvalue weighted by Gasteiger charge is -2.36. The highest BCUT2D eigenvalue weighted by Crippen LogP contribution is 2.47. The number of rotatable bonds is 18. The van der Waals surface area contributed by atoms with Gasteiger partial charge in [-0.1, -0.05) is 72.8 Å². The van der Waals surface area contributed by atoms with Gasteiger partial charge in [-0.15, -0.1) is 11.3 Å². The Labute approximate surface area is 415 Å². The van der Waals surface area contributed by atoms with Crippen LogP contribution in [-0.2, 0) is 68.9 Å². The third kappa shape index (κ3) is 10.8. The zero-order valence-corrected chi connectivity index (χ0v) is 40.1. The number of nitrogens with zero attached hydrogens (tertiary/aromatic N) is 3. The molecule has 73 heavy (non-hydrogen) atoms. The average molecular weight is 1070 g/mol. The molecule has 2 unspecified atom stereocenters. The van der Waals surface area contributed by atoms with Gasteiger partial charge in [0, 0.05) is 55.1 Å². The fourth-order valence-corrected chi connectivity index (χ4v) is 10.4. The summed E-state index contributed by atoms with van der Waals surface area (Å²) in [5, 5.41) is 1.68. The normalized spacial score (nSPS) is 15.2. The molecule has 13 nitrogen and oxygen atoms in total. The Morgan fingerprint density at radius 2 is 1.33 bits per heavy atom. The molecular weight excluding hydrogens is 1030 g/mol. The lowest BCUT2D eigenvalue weighted by atomic mass is 9.92. The van der Waals surface area contributed by atoms with Crippen LogP contribution in [0.25, 0.3) is 0 Å². The van der Waals surface area contributed by atoms with Crippen LogP contribution in [0.2, 0.25) is 0 Å². The topological polar surface area (TPSA) is 143 Å². The predicted octanol–water partition coefficient (Wildman–Crippen LogP) is 10.3. The summed E-state index contributed by atoms with van der Waals surface area (Å²) in [6.45, 7) is -2.01. The molecular formula is C49H42F9N3O10S2. The van der Waals surface area contributed by atoms with E-state index < -0.39 is 93.1 Å². The van der Waals surface area contributed by atoms with Crippen molar-refractivity contribution in [2.24, 2.45) is 0 Å². The van der Waals surface area contributed by atoms with Crippen molar-refractivity contribution in [3.63, 3.8) is 0 Å². The number of aromatic nitrogens is 1. The molecule has 0 amide bonds. The van der Waals surface area contributed by atoms with Crippen molar-refractivity contribution in [2.75, 3.05) is 50.3 Å². The van der Waals surface area contributed by atoms with Crippen molar-refractivity contribution in [1.82, 2.24) is 4.98 Å². The number of hydrogen-bond donors (Lipinski definition) is 0. The number of fused-ring (bicyclic) bond motifs is 1. The van der Waals surface area contributed by atoms with E-state index in [1.54, 1.807) is 29.6 Å². The summed E-state index contributed by atoms with van der Waals surface area (Å²) in [5.74, 6) is -3.94. The van der Waals surface area contributed by atoms with Crippen molar-refractivity contribution in [1.29, 1.82) is 0 Å². The SMILES string of the molecule is COc1ccc(CN(c2nccs2)S(=O)(=O)c2ccc3c(c2)OCCN3c2ccc(C(F)(F)F)cc2C[C@@H](COC(=O)C(OC)(c2ccccc2)C(F)(F)F)OC(=O)C(OC)(c2ccccc2)C(F)(F)F)cc1. The molecule has 7 rings (SSSR count). The monoisotopic (exact) mass is 1070 g/mol. The zero-order chi connectivity index (χ0) is 53.0. The Morgan fingerprint density at radius 3 is 1.86 bits per heavy atom. The molecule has 3 atom stereocenters. The molecule has 0 N–H and O–H groups in total. The second kappa shape index (κ2) is 21.3. The number of thiazole rings is 1. The zero-order valence-electron chi connectivity index (χ0n) is 38.5. The molecule has 0 spiro atoms. The van der Waals surface area contributed by atoms with Gasteiger partial charge >= 0.3 is 30.5 Å². The standard InChI is InChI=1S/C49H42F9N3O10S2/c1-66-36-17-14-31(15-18-36)29-61(44-59-22-25-72-44)73(64,65)38-19-21-40-41(28-38)69-24-23-60(40)39-20-16-35(47(50,51)52)26-32(39)27-37(71-43(63)46(68-3,49(56,57)58)34-12-8-5-9-13-34)30-70-42(62)45(67-2,48(53,54)55)33-10-6-4-7-11-33/h4-22,25-26,28,37H,23-24,27,29-30H2,1-3H3/t37-,45?,46?/m0/s1. The van der Waals surface area contributed by atoms with Gasteiger partial charge in [0.1, 0.15) is 30.8 Å². The van der Waals surface area contributed by atoms with Crippen LogP contribution in [0.4, 0.5) is 56.0 Å². The predicted molar refractivity (Wildman–Crippen MR) is 246 cm³/mol. The van der Waals surface area contributed by atoms with Gasteiger partial charge in [-0.3, -0.25) is 0 Å². The van der Waals surface area contributed by atoms with Crippen molar-refractivity contribution in [3.8, 4) is 11.5 Å². The first-order valence-electron chi connectivity index (χ1n) is 21.5. The average Bonchev–Trinajstić information content (AvgIpc) is 3.90. The van der Waals surface area contributed by atoms with Gasteiger partial charge in [0.05, 0.1) is 36.3 Å². The summed E-state index contributed by atoms with van der Waals surface area (Å²) < 4.78 is 195. The van der Waals surface area contributed by atoms with Crippen molar-refractivity contribution in [2.45, 2.75) is 53.7 Å². The van der Waals surface area contributed by atoms with Gasteiger partial charge in [-0.25, -0.2) is 27.3 Å². The molecule has 0 fully saturated rings. The van der Waals surface area contributed by atoms with Crippen LogP contribution in [0.15, 0.2) is 138 Å². The van der Waals surface area contributed by atoms with Crippen LogP contribution in [0, 0.1) is 0 Å². The minimum Gasteiger partial charge on any atom is -0.497 e. The lowest BCUT2D eigenvalue weighted by Crippen LogP contribution is -2.54. The summed E-state index contributed by atoms with van der Waals surface area (Å²) in [6.07, 6.45) is -18.1. The molecule has 1 aliphatic heterocycles. The third-order valence-corrected chi connectivity index (χ3v) is 14.3. The number of methoxy groups -OCH3 is 3. The van der Waals surface area contributed by atoms with Gasteiger partial charge in [-0.05, 0) is 53.6 Å². The molecule has 0 saturated heterocycles. The van der Waals surface area contributed by atoms with Crippen LogP contribution in [-0.4, -0.2) is 84.9 Å². The minimum atomic E-state index is -5.60. The quantitative estimate of drug-likeness (QED) is 0.0597. The van der Waals surface area contributed by atoms with Crippen LogP contribution in [0.5, 0.6) is 11.5 Å². The van der Waals surface area contributed by atoms with E-state index in [2.05, 4.69) is 4.98 Å². The Hall–Kier alpha value is -6.89. The number of carbonyl (C=O) groups excluding carboxylic acids is 2. The maximum absolute atomic E-state index is 15.2. The van der Waals surface area contributed by atoms with Crippen LogP contribution in [0.1, 0.15) is 27.8 Å². The number of halogens is 9. The van der Waals surface area contributed by atoms with E-state index in [-0.39, 0.29) is 46.8 Å². The molecule has 6 aromatic rings. The fourth-order valence-electron chi connectivity index (χ4n) is 8.08. The number of esters is 2. The van der Waals surface area contributed by atoms with Crippen LogP contribution >= 0.6 is 11.3 Å². The van der Waals surface area contributed by atoms with Gasteiger partial charge in [0.2, 0.25) is 0 Å². The Balaban J connectivity index is 1.30. The second-order valence-corrected chi connectivity index (χ2v) is 18.7. The van der Waals surface area contributed by atoms with Gasteiger partial charge in [0.25, 0.3) is 21.2 Å². The first-order chi connectivity index (χ1) is 34.5. The molecule has 5 aromatic carbocycles. The van der Waals surface area contributed by atoms with Crippen molar-refractivity contribution < 1.29 is 85.9 Å². The maximum atomic E-state index is 15.2. The fraction of sp³-hybridized carbons (Fsp3) is 0.286. The second-order valence-electron chi connectivity index (χ2n) is 16.0. The molecule has 1 aliphatic rings. The molecule has 1 aromatic heterocycles. The van der Waals surface area contributed by atoms with Gasteiger partial charge in [0.15, 0.2) is 5.13 Å². The number of benzene rings is 5. The number of carbonyl (C=O) groups is 2. The van der Waals surface area contributed by atoms with Crippen molar-refractivity contribution >= 4 is 49.8 Å². The number of anilines is 3. The van der Waals surface area contributed by atoms with Crippen LogP contribution < -0.4 is 18.7 Å². The molecule has 0 bridgehead atoms. The van der Waals surface area contributed by atoms with E-state index in [1.165, 1.54) is 48.5 Å². The largest absolute Gasteiger partial charge is 0.497 e. The summed E-state index contributed by atoms with van der Waals surface area (Å²) >= 11 is 1.04. The molecule has 0 aliphatic carbocycles. The highest BCUT2D eigenvalue weighted by Gasteiger charge is 2.65. The third-order valence-electron chi connectivity index (χ3n) is 11.7. The highest BCUT2D eigenvalue weighted by molar-refractivity contribution is 7.93. The number of alkyl halides is 9. The maximum Gasteiger partial charge on any atom is 0.432 e. The Kier molecular flexibility index (Phi) is 15.7. The highest BCUT2D eigenvalue weighted by atomic mass is 32.2. The summed E-state index contributed by atoms with van der Waals surface area (Å²) in [5.41, 5.74) is -10.6. The minimum absolute atomic E-state index is 0.0829. The first kappa shape index (κ1) is 53.9. The van der Waals surface area contributed by atoms with Gasteiger partial charge < -0.3 is 33.3 Å². The Bertz CT molecular complexity index is 2990. The molecule has 2 heterocycles. The number of hydrogen-bond acceptors (Lipinski definition) is 13. The molecule has 0 saturated carbocycles. The van der Waals surface area contributed by atoms with Crippen molar-refractivity contribution in [3.05, 3.63) is 161 Å². The lowest BCUT2D eigenvalue weighted by molar-refractivity contribution is -0.282. The van der Waals surface area contributed by atoms with E-state index >= 15 is 13.2 Å². The molecule has 388 valence electrons. The van der Waals surface area contributed by atoms with E-state index in [0.717, 1.165) is 70.2 Å². The Morgan fingerprint density at radius 1 is 0.740 bits per heavy atom. The summed E-state index contributed by atoms with van der Waals surface area (Å²) in [6, 6.07) is 23.3. The van der Waals surface area contributed by atoms with E-state index in [1.807, 2.05) is 0 Å². The first-order valence-corrected chi connectivity index (χ1v) is 23.9. The van der Waals surface area contributed by atoms with Crippen LogP contribution in [0.3, 0.4) is 0 Å². The number of sulfonamides is 1. The molecule has 0 radical (unpaired) electrons. The smallest absolute Gasteiger partial charge is 0.432 e. The molecule has 24 heteroatoms.